The summed E-state index contributed by atoms with van der Waals surface area (Å²) in [5, 5.41) is 2.35. The molecule has 0 saturated carbocycles. The molecule has 7 rings (SSSR count). The van der Waals surface area contributed by atoms with Crippen molar-refractivity contribution in [1.29, 1.82) is 0 Å². The van der Waals surface area contributed by atoms with Gasteiger partial charge in [-0.15, -0.1) is 47.0 Å². The molecule has 4 aromatic carbocycles. The summed E-state index contributed by atoms with van der Waals surface area (Å²) < 4.78 is 2.26. The van der Waals surface area contributed by atoms with Crippen LogP contribution in [0.15, 0.2) is 85.1 Å². The van der Waals surface area contributed by atoms with Crippen LogP contribution in [0.2, 0.25) is 0 Å². The molecule has 0 fully saturated rings. The van der Waals surface area contributed by atoms with E-state index >= 15 is 0 Å². The third-order valence-corrected chi connectivity index (χ3v) is 9.87. The standard InChI is InChI=1S/C44H48N5.Pt/c1-42(2,3)29-16-19-38-40(24-29)48(28-46(38)10)34-23-31(44(7,8)9)22-33(26-34)47(11)32-17-18-36-35-14-12-13-15-37(35)49(39(36)27-32)41-25-30(20-21-45-41)43(4,5)6;/h12-25,28H,1-11H3;/q-3;. The van der Waals surface area contributed by atoms with Crippen LogP contribution in [-0.2, 0) is 37.3 Å². The number of fused-ring (bicyclic) bond motifs is 4. The number of pyridine rings is 1. The smallest absolute Gasteiger partial charge is 0.135 e. The third kappa shape index (κ3) is 6.34. The van der Waals surface area contributed by atoms with Gasteiger partial charge >= 0.3 is 0 Å². The summed E-state index contributed by atoms with van der Waals surface area (Å²) in [5.41, 5.74) is 11.3. The van der Waals surface area contributed by atoms with Gasteiger partial charge in [0.2, 0.25) is 0 Å². The van der Waals surface area contributed by atoms with Crippen molar-refractivity contribution in [3.05, 3.63) is 121 Å². The summed E-state index contributed by atoms with van der Waals surface area (Å²) >= 11 is 0. The second kappa shape index (κ2) is 12.6. The van der Waals surface area contributed by atoms with Crippen molar-refractivity contribution in [2.45, 2.75) is 78.6 Å². The molecule has 1 aliphatic heterocycles. The zero-order chi connectivity index (χ0) is 35.0. The quantitative estimate of drug-likeness (QED) is 0.165. The number of benzene rings is 4. The topological polar surface area (TPSA) is 27.5 Å². The molecule has 0 saturated heterocycles. The first kappa shape index (κ1) is 35.7. The fourth-order valence-electron chi connectivity index (χ4n) is 6.71. The molecule has 0 spiro atoms. The van der Waals surface area contributed by atoms with Crippen molar-refractivity contribution in [1.82, 2.24) is 9.55 Å². The first-order valence-corrected chi connectivity index (χ1v) is 17.3. The van der Waals surface area contributed by atoms with E-state index < -0.39 is 0 Å². The van der Waals surface area contributed by atoms with Crippen LogP contribution in [-0.4, -0.2) is 23.6 Å². The van der Waals surface area contributed by atoms with Crippen LogP contribution < -0.4 is 14.7 Å². The van der Waals surface area contributed by atoms with E-state index in [4.69, 9.17) is 4.98 Å². The van der Waals surface area contributed by atoms with Crippen molar-refractivity contribution in [3.8, 4) is 5.82 Å². The Hall–Kier alpha value is -4.08. The zero-order valence-corrected chi connectivity index (χ0v) is 33.5. The van der Waals surface area contributed by atoms with Crippen LogP contribution >= 0.6 is 0 Å². The maximum atomic E-state index is 4.88. The maximum absolute atomic E-state index is 4.88. The molecule has 262 valence electrons. The van der Waals surface area contributed by atoms with Gasteiger partial charge in [-0.3, -0.25) is 0 Å². The first-order chi connectivity index (χ1) is 23.0. The average Bonchev–Trinajstić information content (AvgIpc) is 3.57. The number of nitrogens with zero attached hydrogens (tertiary/aromatic N) is 5. The normalized spacial score (nSPS) is 13.6. The van der Waals surface area contributed by atoms with E-state index in [0.29, 0.717) is 0 Å². The summed E-state index contributed by atoms with van der Waals surface area (Å²) in [5.74, 6) is 0.903. The van der Waals surface area contributed by atoms with Gasteiger partial charge < -0.3 is 19.3 Å². The van der Waals surface area contributed by atoms with Crippen LogP contribution in [0.25, 0.3) is 27.6 Å². The second-order valence-electron chi connectivity index (χ2n) is 16.6. The summed E-state index contributed by atoms with van der Waals surface area (Å²) in [4.78, 5) is 11.6. The Kier molecular flexibility index (Phi) is 9.01. The number of aromatic nitrogens is 2. The van der Waals surface area contributed by atoms with Crippen molar-refractivity contribution >= 4 is 50.2 Å². The Balaban J connectivity index is 0.00000432. The Bertz CT molecular complexity index is 2210. The Morgan fingerprint density at radius 3 is 2.04 bits per heavy atom. The van der Waals surface area contributed by atoms with E-state index in [0.717, 1.165) is 39.3 Å². The minimum absolute atomic E-state index is 0. The monoisotopic (exact) mass is 841 g/mol. The van der Waals surface area contributed by atoms with E-state index in [1.54, 1.807) is 0 Å². The molecule has 6 aromatic rings. The number of anilines is 5. The van der Waals surface area contributed by atoms with Gasteiger partial charge in [0, 0.05) is 51.2 Å². The molecule has 5 nitrogen and oxygen atoms in total. The van der Waals surface area contributed by atoms with Gasteiger partial charge in [-0.2, -0.15) is 12.7 Å². The molecule has 1 aliphatic rings. The molecule has 0 aliphatic carbocycles. The average molecular weight is 842 g/mol. The minimum Gasteiger partial charge on any atom is -0.504 e. The van der Waals surface area contributed by atoms with Crippen LogP contribution in [0.4, 0.5) is 28.4 Å². The molecule has 0 bridgehead atoms. The van der Waals surface area contributed by atoms with Crippen LogP contribution in [0.1, 0.15) is 79.0 Å². The fraction of sp³-hybridized carbons (Fsp3) is 0.318. The summed E-state index contributed by atoms with van der Waals surface area (Å²) in [7, 11) is 4.24. The van der Waals surface area contributed by atoms with E-state index in [9.17, 15) is 0 Å². The van der Waals surface area contributed by atoms with E-state index in [1.165, 1.54) is 33.5 Å². The molecule has 0 radical (unpaired) electrons. The van der Waals surface area contributed by atoms with E-state index in [1.807, 2.05) is 6.20 Å². The van der Waals surface area contributed by atoms with Gasteiger partial charge in [0.15, 0.2) is 0 Å². The van der Waals surface area contributed by atoms with Crippen LogP contribution in [0, 0.1) is 18.8 Å². The van der Waals surface area contributed by atoms with Gasteiger partial charge in [0.05, 0.1) is 0 Å². The van der Waals surface area contributed by atoms with Crippen LogP contribution in [0.5, 0.6) is 0 Å². The molecule has 0 N–H and O–H groups in total. The summed E-state index contributed by atoms with van der Waals surface area (Å²) in [6, 6.07) is 36.4. The fourth-order valence-corrected chi connectivity index (χ4v) is 6.71. The van der Waals surface area contributed by atoms with Gasteiger partial charge in [0.25, 0.3) is 0 Å². The molecule has 50 heavy (non-hydrogen) atoms. The minimum atomic E-state index is -0.0645. The Morgan fingerprint density at radius 2 is 1.34 bits per heavy atom. The maximum Gasteiger partial charge on any atom is 0.135 e. The zero-order valence-electron chi connectivity index (χ0n) is 31.2. The van der Waals surface area contributed by atoms with Gasteiger partial charge in [-0.1, -0.05) is 103 Å². The van der Waals surface area contributed by atoms with Gasteiger partial charge in [-0.05, 0) is 70.1 Å². The molecule has 0 amide bonds. The molecule has 6 heteroatoms. The number of hydrogen-bond donors (Lipinski definition) is 0. The molecule has 2 aromatic heterocycles. The predicted octanol–water partition coefficient (Wildman–Crippen LogP) is 11.1. The van der Waals surface area contributed by atoms with Crippen molar-refractivity contribution < 1.29 is 21.1 Å². The first-order valence-electron chi connectivity index (χ1n) is 17.3. The predicted molar refractivity (Wildman–Crippen MR) is 208 cm³/mol. The summed E-state index contributed by atoms with van der Waals surface area (Å²) in [6.07, 6.45) is 1.93. The molecule has 0 atom stereocenters. The Labute approximate surface area is 313 Å². The second-order valence-corrected chi connectivity index (χ2v) is 16.6. The largest absolute Gasteiger partial charge is 0.504 e. The van der Waals surface area contributed by atoms with Crippen molar-refractivity contribution in [3.63, 3.8) is 0 Å². The molecule has 0 unspecified atom stereocenters. The summed E-state index contributed by atoms with van der Waals surface area (Å²) in [6.45, 7) is 22.5. The third-order valence-electron chi connectivity index (χ3n) is 9.87. The van der Waals surface area contributed by atoms with Gasteiger partial charge in [0.1, 0.15) is 5.82 Å². The number of para-hydroxylation sites is 1. The van der Waals surface area contributed by atoms with Crippen molar-refractivity contribution in [2.75, 3.05) is 28.8 Å². The molecular formula is C44H48N5Pt-3. The van der Waals surface area contributed by atoms with Crippen molar-refractivity contribution in [2.24, 2.45) is 0 Å². The SMILES string of the molecule is CN1[CH-]N(c2[c-]c(N(C)c3[c-]c4c(cc3)c3ccccc3n4-c3cc(C(C)(C)C)ccn3)cc(C(C)(C)C)c2)c2cc(C(C)(C)C)ccc21.[Pt]. The molecular weight excluding hydrogens is 794 g/mol. The molecule has 3 heterocycles. The number of rotatable bonds is 4. The number of hydrogen-bond acceptors (Lipinski definition) is 4. The Morgan fingerprint density at radius 1 is 0.660 bits per heavy atom. The van der Waals surface area contributed by atoms with Crippen LogP contribution in [0.3, 0.4) is 0 Å². The van der Waals surface area contributed by atoms with E-state index in [2.05, 4.69) is 193 Å². The van der Waals surface area contributed by atoms with Gasteiger partial charge in [-0.25, -0.2) is 4.98 Å². The van der Waals surface area contributed by atoms with E-state index in [-0.39, 0.29) is 37.3 Å².